The van der Waals surface area contributed by atoms with E-state index in [1.54, 1.807) is 19.1 Å². The van der Waals surface area contributed by atoms with E-state index in [2.05, 4.69) is 32.6 Å². The second-order valence-corrected chi connectivity index (χ2v) is 9.04. The van der Waals surface area contributed by atoms with Crippen LogP contribution in [0.25, 0.3) is 5.70 Å². The Hall–Kier alpha value is -3.34. The summed E-state index contributed by atoms with van der Waals surface area (Å²) in [5, 5.41) is 3.26. The summed E-state index contributed by atoms with van der Waals surface area (Å²) in [6.45, 7) is 3.68. The molecule has 1 N–H and O–H groups in total. The van der Waals surface area contributed by atoms with Gasteiger partial charge in [0.25, 0.3) is 0 Å². The number of benzene rings is 2. The standard InChI is InChI=1S/C26H24INO7/c1-5-34-18-11-14(10-17(27)25(18)35-12-19(29)32-3)21-20(26(31)33-4)13(2)28-23-15-8-6-7-9-16(15)24(30)22(21)23/h6-11,21,28H,5,12H2,1-4H3/t21-/m1/s1. The highest BCUT2D eigenvalue weighted by Crippen LogP contribution is 2.48. The molecule has 0 saturated heterocycles. The molecule has 9 heteroatoms. The predicted octanol–water partition coefficient (Wildman–Crippen LogP) is 3.98. The van der Waals surface area contributed by atoms with E-state index in [-0.39, 0.29) is 12.4 Å². The smallest absolute Gasteiger partial charge is 0.343 e. The fourth-order valence-electron chi connectivity index (χ4n) is 4.39. The van der Waals surface area contributed by atoms with Crippen molar-refractivity contribution < 1.29 is 33.3 Å². The minimum absolute atomic E-state index is 0.152. The lowest BCUT2D eigenvalue weighted by Crippen LogP contribution is -2.29. The van der Waals surface area contributed by atoms with Crippen molar-refractivity contribution in [3.05, 3.63) is 73.5 Å². The Kier molecular flexibility index (Phi) is 7.15. The van der Waals surface area contributed by atoms with Crippen molar-refractivity contribution in [2.24, 2.45) is 0 Å². The SMILES string of the molecule is CCOc1cc([C@@H]2C(C(=O)OC)=C(C)NC3=C2C(=O)c2ccccc23)cc(I)c1OCC(=O)OC. The molecule has 0 unspecified atom stereocenters. The Morgan fingerprint density at radius 3 is 2.43 bits per heavy atom. The first-order valence-electron chi connectivity index (χ1n) is 10.9. The maximum atomic E-state index is 13.6. The van der Waals surface area contributed by atoms with Gasteiger partial charge < -0.3 is 24.3 Å². The van der Waals surface area contributed by atoms with Crippen molar-refractivity contribution in [1.29, 1.82) is 0 Å². The van der Waals surface area contributed by atoms with Gasteiger partial charge in [0.05, 0.1) is 35.7 Å². The Morgan fingerprint density at radius 1 is 1.06 bits per heavy atom. The first kappa shape index (κ1) is 24.8. The van der Waals surface area contributed by atoms with Gasteiger partial charge in [-0.3, -0.25) is 4.79 Å². The van der Waals surface area contributed by atoms with E-state index < -0.39 is 17.9 Å². The fourth-order valence-corrected chi connectivity index (χ4v) is 5.17. The van der Waals surface area contributed by atoms with E-state index in [1.165, 1.54) is 14.2 Å². The van der Waals surface area contributed by atoms with E-state index >= 15 is 0 Å². The van der Waals surface area contributed by atoms with E-state index in [0.717, 1.165) is 5.56 Å². The molecule has 0 spiro atoms. The summed E-state index contributed by atoms with van der Waals surface area (Å²) >= 11 is 2.08. The van der Waals surface area contributed by atoms with Crippen molar-refractivity contribution in [2.45, 2.75) is 19.8 Å². The lowest BCUT2D eigenvalue weighted by Gasteiger charge is -2.29. The molecule has 0 radical (unpaired) electrons. The molecule has 1 heterocycles. The molecule has 1 aliphatic carbocycles. The second kappa shape index (κ2) is 10.1. The Labute approximate surface area is 216 Å². The summed E-state index contributed by atoms with van der Waals surface area (Å²) < 4.78 is 21.9. The average molecular weight is 589 g/mol. The average Bonchev–Trinajstić information content (AvgIpc) is 3.13. The molecule has 4 rings (SSSR count). The van der Waals surface area contributed by atoms with Crippen LogP contribution in [0.3, 0.4) is 0 Å². The molecule has 2 aromatic rings. The van der Waals surface area contributed by atoms with Gasteiger partial charge in [-0.25, -0.2) is 9.59 Å². The summed E-state index contributed by atoms with van der Waals surface area (Å²) in [5.74, 6) is -1.13. The predicted molar refractivity (Wildman–Crippen MR) is 136 cm³/mol. The third kappa shape index (κ3) is 4.40. The fraction of sp³-hybridized carbons (Fsp3) is 0.269. The molecular formula is C26H24INO7. The number of ether oxygens (including phenoxy) is 4. The minimum Gasteiger partial charge on any atom is -0.490 e. The molecule has 0 bridgehead atoms. The highest BCUT2D eigenvalue weighted by molar-refractivity contribution is 14.1. The number of methoxy groups -OCH3 is 2. The first-order chi connectivity index (χ1) is 16.8. The molecule has 1 aliphatic heterocycles. The van der Waals surface area contributed by atoms with E-state index in [9.17, 15) is 14.4 Å². The second-order valence-electron chi connectivity index (χ2n) is 7.88. The molecule has 8 nitrogen and oxygen atoms in total. The van der Waals surface area contributed by atoms with Crippen molar-refractivity contribution in [1.82, 2.24) is 5.32 Å². The van der Waals surface area contributed by atoms with Crippen LogP contribution in [-0.2, 0) is 19.1 Å². The largest absolute Gasteiger partial charge is 0.490 e. The molecular weight excluding hydrogens is 565 g/mol. The van der Waals surface area contributed by atoms with Gasteiger partial charge in [-0.15, -0.1) is 0 Å². The zero-order valence-electron chi connectivity index (χ0n) is 19.7. The van der Waals surface area contributed by atoms with Crippen LogP contribution in [0.2, 0.25) is 0 Å². The number of dihydropyridines is 1. The number of esters is 2. The number of carbonyl (C=O) groups is 3. The number of nitrogens with one attached hydrogen (secondary N) is 1. The number of Topliss-reactive ketones (excluding diaryl/α,β-unsaturated/α-hetero) is 1. The highest BCUT2D eigenvalue weighted by Gasteiger charge is 2.43. The molecule has 2 aliphatic rings. The molecule has 35 heavy (non-hydrogen) atoms. The summed E-state index contributed by atoms with van der Waals surface area (Å²) in [6, 6.07) is 10.9. The van der Waals surface area contributed by atoms with Crippen LogP contribution in [-0.4, -0.2) is 45.2 Å². The molecule has 0 saturated carbocycles. The van der Waals surface area contributed by atoms with Gasteiger partial charge >= 0.3 is 11.9 Å². The van der Waals surface area contributed by atoms with Gasteiger partial charge in [0, 0.05) is 28.3 Å². The maximum Gasteiger partial charge on any atom is 0.343 e. The number of hydrogen-bond acceptors (Lipinski definition) is 8. The molecule has 0 fully saturated rings. The van der Waals surface area contributed by atoms with Crippen molar-refractivity contribution >= 4 is 46.0 Å². The van der Waals surface area contributed by atoms with Crippen molar-refractivity contribution in [2.75, 3.05) is 27.4 Å². The van der Waals surface area contributed by atoms with Crippen LogP contribution in [0.4, 0.5) is 0 Å². The van der Waals surface area contributed by atoms with Crippen LogP contribution < -0.4 is 14.8 Å². The number of rotatable bonds is 7. The maximum absolute atomic E-state index is 13.6. The van der Waals surface area contributed by atoms with Gasteiger partial charge in [0.15, 0.2) is 23.9 Å². The first-order valence-corrected chi connectivity index (χ1v) is 12.0. The number of halogens is 1. The Balaban J connectivity index is 1.89. The van der Waals surface area contributed by atoms with Crippen LogP contribution >= 0.6 is 22.6 Å². The normalized spacial score (nSPS) is 16.4. The summed E-state index contributed by atoms with van der Waals surface area (Å²) in [7, 11) is 2.60. The third-order valence-electron chi connectivity index (χ3n) is 5.88. The van der Waals surface area contributed by atoms with Crippen LogP contribution in [0, 0.1) is 3.57 Å². The van der Waals surface area contributed by atoms with Gasteiger partial charge in [0.2, 0.25) is 0 Å². The lowest BCUT2D eigenvalue weighted by molar-refractivity contribution is -0.143. The quantitative estimate of drug-likeness (QED) is 0.383. The van der Waals surface area contributed by atoms with Gasteiger partial charge in [-0.1, -0.05) is 24.3 Å². The van der Waals surface area contributed by atoms with E-state index in [1.807, 2.05) is 31.2 Å². The van der Waals surface area contributed by atoms with Crippen LogP contribution in [0.5, 0.6) is 11.5 Å². The number of ketones is 1. The van der Waals surface area contributed by atoms with Gasteiger partial charge in [-0.05, 0) is 54.1 Å². The number of allylic oxidation sites excluding steroid dienone is 2. The minimum atomic E-state index is -0.694. The number of fused-ring (bicyclic) bond motifs is 2. The highest BCUT2D eigenvalue weighted by atomic mass is 127. The molecule has 1 atom stereocenters. The van der Waals surface area contributed by atoms with Gasteiger partial charge in [-0.2, -0.15) is 0 Å². The summed E-state index contributed by atoms with van der Waals surface area (Å²) in [6.07, 6.45) is 0. The molecule has 2 aromatic carbocycles. The van der Waals surface area contributed by atoms with Gasteiger partial charge in [0.1, 0.15) is 0 Å². The monoisotopic (exact) mass is 589 g/mol. The van der Waals surface area contributed by atoms with E-state index in [4.69, 9.17) is 14.2 Å². The third-order valence-corrected chi connectivity index (χ3v) is 6.68. The number of hydrogen-bond donors (Lipinski definition) is 1. The summed E-state index contributed by atoms with van der Waals surface area (Å²) in [5.41, 5.74) is 4.12. The number of carbonyl (C=O) groups excluding carboxylic acids is 3. The summed E-state index contributed by atoms with van der Waals surface area (Å²) in [4.78, 5) is 38.1. The zero-order chi connectivity index (χ0) is 25.3. The Morgan fingerprint density at radius 2 is 1.77 bits per heavy atom. The topological polar surface area (TPSA) is 100 Å². The Bertz CT molecular complexity index is 1290. The van der Waals surface area contributed by atoms with E-state index in [0.29, 0.717) is 55.3 Å². The zero-order valence-corrected chi connectivity index (χ0v) is 21.8. The molecule has 0 amide bonds. The molecule has 182 valence electrons. The van der Waals surface area contributed by atoms with Crippen LogP contribution in [0.1, 0.15) is 41.3 Å². The lowest BCUT2D eigenvalue weighted by atomic mass is 9.79. The van der Waals surface area contributed by atoms with Crippen LogP contribution in [0.15, 0.2) is 53.2 Å². The van der Waals surface area contributed by atoms with Crippen molar-refractivity contribution in [3.8, 4) is 11.5 Å². The molecule has 0 aromatic heterocycles. The van der Waals surface area contributed by atoms with Crippen molar-refractivity contribution in [3.63, 3.8) is 0 Å².